The third kappa shape index (κ3) is 8.38. The molecule has 0 unspecified atom stereocenters. The molecule has 0 aliphatic heterocycles. The SMILES string of the molecule is CC#CC(C)(C)NS(C)(C)CCS(C)(C)C. The van der Waals surface area contributed by atoms with Crippen LogP contribution < -0.4 is 4.72 Å². The first kappa shape index (κ1) is 16.2. The monoisotopic (exact) mass is 263 g/mol. The van der Waals surface area contributed by atoms with E-state index in [0.29, 0.717) is 0 Å². The molecule has 1 N–H and O–H groups in total. The zero-order chi connectivity index (χ0) is 13.0. The van der Waals surface area contributed by atoms with Gasteiger partial charge < -0.3 is 0 Å². The molecule has 0 aliphatic carbocycles. The third-order valence-electron chi connectivity index (χ3n) is 2.17. The van der Waals surface area contributed by atoms with Crippen molar-refractivity contribution < 1.29 is 0 Å². The Balaban J connectivity index is 4.38. The zero-order valence-electron chi connectivity index (χ0n) is 12.2. The number of rotatable bonds is 5. The largest absolute Gasteiger partial charge is 0.264 e. The summed E-state index contributed by atoms with van der Waals surface area (Å²) in [6.07, 6.45) is 11.9. The van der Waals surface area contributed by atoms with Gasteiger partial charge in [0.1, 0.15) is 0 Å². The summed E-state index contributed by atoms with van der Waals surface area (Å²) in [5.74, 6) is 8.89. The Bertz CT molecular complexity index is 277. The molecule has 0 aromatic carbocycles. The summed E-state index contributed by atoms with van der Waals surface area (Å²) in [7, 11) is -1.11. The molecule has 1 nitrogen and oxygen atoms in total. The van der Waals surface area contributed by atoms with Gasteiger partial charge in [-0.3, -0.25) is 4.72 Å². The minimum Gasteiger partial charge on any atom is -0.264 e. The van der Waals surface area contributed by atoms with Crippen LogP contribution in [0.25, 0.3) is 0 Å². The van der Waals surface area contributed by atoms with E-state index in [1.54, 1.807) is 0 Å². The molecule has 0 bridgehead atoms. The Morgan fingerprint density at radius 3 is 1.88 bits per heavy atom. The average Bonchev–Trinajstić information content (AvgIpc) is 1.97. The summed E-state index contributed by atoms with van der Waals surface area (Å²) in [6, 6.07) is 0. The van der Waals surface area contributed by atoms with Gasteiger partial charge in [-0.05, 0) is 63.6 Å². The maximum absolute atomic E-state index is 3.73. The van der Waals surface area contributed by atoms with Crippen LogP contribution in [-0.2, 0) is 0 Å². The molecule has 0 saturated carbocycles. The van der Waals surface area contributed by atoms with Crippen LogP contribution in [0.4, 0.5) is 0 Å². The molecule has 0 fully saturated rings. The normalized spacial score (nSPS) is 15.2. The fraction of sp³-hybridized carbons (Fsp3) is 0.846. The summed E-state index contributed by atoms with van der Waals surface area (Å²) in [5.41, 5.74) is -0.0548. The maximum atomic E-state index is 3.73. The molecule has 3 heteroatoms. The van der Waals surface area contributed by atoms with Crippen molar-refractivity contribution in [1.82, 2.24) is 4.72 Å². The highest BCUT2D eigenvalue weighted by Crippen LogP contribution is 2.43. The van der Waals surface area contributed by atoms with Crippen molar-refractivity contribution in [3.05, 3.63) is 0 Å². The van der Waals surface area contributed by atoms with Gasteiger partial charge in [0.05, 0.1) is 5.54 Å². The summed E-state index contributed by atoms with van der Waals surface area (Å²) < 4.78 is 3.73. The molecule has 0 rings (SSSR count). The Hall–Kier alpha value is 0.220. The van der Waals surface area contributed by atoms with Crippen LogP contribution in [0.2, 0.25) is 0 Å². The summed E-state index contributed by atoms with van der Waals surface area (Å²) in [5, 5.41) is 0. The molecule has 0 aromatic heterocycles. The van der Waals surface area contributed by atoms with E-state index >= 15 is 0 Å². The second kappa shape index (κ2) is 5.71. The van der Waals surface area contributed by atoms with E-state index in [9.17, 15) is 0 Å². The molecule has 0 amide bonds. The van der Waals surface area contributed by atoms with E-state index in [-0.39, 0.29) is 15.6 Å². The lowest BCUT2D eigenvalue weighted by Crippen LogP contribution is -2.40. The zero-order valence-corrected chi connectivity index (χ0v) is 13.9. The van der Waals surface area contributed by atoms with Crippen LogP contribution >= 0.6 is 20.2 Å². The van der Waals surface area contributed by atoms with E-state index in [1.165, 1.54) is 11.5 Å². The van der Waals surface area contributed by atoms with Crippen molar-refractivity contribution in [3.63, 3.8) is 0 Å². The van der Waals surface area contributed by atoms with Crippen molar-refractivity contribution in [2.75, 3.05) is 42.8 Å². The highest BCUT2D eigenvalue weighted by Gasteiger charge is 2.23. The highest BCUT2D eigenvalue weighted by atomic mass is 32.3. The van der Waals surface area contributed by atoms with Crippen LogP contribution in [0.3, 0.4) is 0 Å². The van der Waals surface area contributed by atoms with Gasteiger partial charge in [-0.15, -0.1) is 5.92 Å². The van der Waals surface area contributed by atoms with Gasteiger partial charge in [-0.1, -0.05) is 5.92 Å². The lowest BCUT2D eigenvalue weighted by atomic mass is 10.1. The fourth-order valence-corrected chi connectivity index (χ4v) is 6.74. The topological polar surface area (TPSA) is 12.0 Å². The van der Waals surface area contributed by atoms with Crippen LogP contribution in [0.5, 0.6) is 0 Å². The molecule has 0 aromatic rings. The van der Waals surface area contributed by atoms with Gasteiger partial charge in [0, 0.05) is 0 Å². The lowest BCUT2D eigenvalue weighted by molar-refractivity contribution is 0.622. The number of hydrogen-bond donors (Lipinski definition) is 1. The Kier molecular flexibility index (Phi) is 5.79. The van der Waals surface area contributed by atoms with Gasteiger partial charge in [0.2, 0.25) is 0 Å². The third-order valence-corrected chi connectivity index (χ3v) is 6.15. The quantitative estimate of drug-likeness (QED) is 0.752. The molecule has 0 aliphatic rings. The molecule has 0 radical (unpaired) electrons. The number of hydrogen-bond acceptors (Lipinski definition) is 1. The smallest absolute Gasteiger partial charge is 0.0820 e. The van der Waals surface area contributed by atoms with E-state index in [4.69, 9.17) is 0 Å². The predicted octanol–water partition coefficient (Wildman–Crippen LogP) is 3.05. The fourth-order valence-electron chi connectivity index (χ4n) is 1.54. The first-order chi connectivity index (χ1) is 6.97. The summed E-state index contributed by atoms with van der Waals surface area (Å²) >= 11 is 0. The first-order valence-electron chi connectivity index (χ1n) is 5.57. The molecule has 0 heterocycles. The summed E-state index contributed by atoms with van der Waals surface area (Å²) in [6.45, 7) is 6.25. The Morgan fingerprint density at radius 1 is 1.00 bits per heavy atom. The summed E-state index contributed by atoms with van der Waals surface area (Å²) in [4.78, 5) is 0. The predicted molar refractivity (Wildman–Crippen MR) is 85.2 cm³/mol. The van der Waals surface area contributed by atoms with E-state index in [0.717, 1.165) is 0 Å². The standard InChI is InChI=1S/C13H29NS2/c1-9-10-13(2,3)14-16(7,8)12-11-15(4,5)6/h14H,11-12H2,1-8H3. The maximum Gasteiger partial charge on any atom is 0.0820 e. The van der Waals surface area contributed by atoms with Crippen molar-refractivity contribution in [1.29, 1.82) is 0 Å². The van der Waals surface area contributed by atoms with Crippen molar-refractivity contribution in [2.24, 2.45) is 0 Å². The lowest BCUT2D eigenvalue weighted by Gasteiger charge is -2.41. The van der Waals surface area contributed by atoms with Gasteiger partial charge in [-0.25, -0.2) is 10.0 Å². The van der Waals surface area contributed by atoms with Crippen LogP contribution in [0.1, 0.15) is 20.8 Å². The average molecular weight is 264 g/mol. The van der Waals surface area contributed by atoms with Crippen LogP contribution in [-0.4, -0.2) is 48.3 Å². The number of nitrogens with one attached hydrogen (secondary N) is 1. The van der Waals surface area contributed by atoms with E-state index < -0.39 is 10.2 Å². The van der Waals surface area contributed by atoms with Crippen molar-refractivity contribution in [3.8, 4) is 11.8 Å². The Labute approximate surface area is 106 Å². The van der Waals surface area contributed by atoms with E-state index in [1.807, 2.05) is 6.92 Å². The Morgan fingerprint density at radius 2 is 1.50 bits per heavy atom. The molecular weight excluding hydrogens is 234 g/mol. The van der Waals surface area contributed by atoms with Gasteiger partial charge in [-0.2, -0.15) is 10.2 Å². The van der Waals surface area contributed by atoms with Crippen LogP contribution in [0.15, 0.2) is 0 Å². The highest BCUT2D eigenvalue weighted by molar-refractivity contribution is 8.34. The molecule has 0 saturated heterocycles. The molecular formula is C13H29NS2. The minimum absolute atomic E-state index is 0.0548. The molecule has 98 valence electrons. The minimum atomic E-state index is -0.726. The van der Waals surface area contributed by atoms with E-state index in [2.05, 4.69) is 61.7 Å². The first-order valence-corrected chi connectivity index (χ1v) is 11.2. The van der Waals surface area contributed by atoms with Crippen LogP contribution in [0, 0.1) is 11.8 Å². The van der Waals surface area contributed by atoms with Gasteiger partial charge in [0.25, 0.3) is 0 Å². The molecule has 0 spiro atoms. The molecule has 0 atom stereocenters. The second-order valence-electron chi connectivity index (χ2n) is 6.14. The van der Waals surface area contributed by atoms with Gasteiger partial charge >= 0.3 is 0 Å². The van der Waals surface area contributed by atoms with Crippen molar-refractivity contribution >= 4 is 20.2 Å². The second-order valence-corrected chi connectivity index (χ2v) is 14.4. The molecule has 16 heavy (non-hydrogen) atoms. The van der Waals surface area contributed by atoms with Crippen molar-refractivity contribution in [2.45, 2.75) is 26.3 Å². The van der Waals surface area contributed by atoms with Gasteiger partial charge in [0.15, 0.2) is 0 Å².